The van der Waals surface area contributed by atoms with Crippen molar-refractivity contribution in [1.82, 2.24) is 0 Å². The van der Waals surface area contributed by atoms with Crippen LogP contribution in [0.2, 0.25) is 0 Å². The molecular formula is C17H20N2O2. The lowest BCUT2D eigenvalue weighted by Crippen LogP contribution is -2.16. The van der Waals surface area contributed by atoms with E-state index in [-0.39, 0.29) is 17.1 Å². The molecule has 1 amide bonds. The number of amides is 1. The Balaban J connectivity index is 2.31. The molecule has 2 rings (SSSR count). The molecule has 0 atom stereocenters. The Morgan fingerprint density at radius 2 is 1.81 bits per heavy atom. The highest BCUT2D eigenvalue weighted by molar-refractivity contribution is 6.08. The summed E-state index contributed by atoms with van der Waals surface area (Å²) < 4.78 is 0. The zero-order valence-electron chi connectivity index (χ0n) is 12.5. The minimum Gasteiger partial charge on any atom is -0.506 e. The number of phenolic OH excluding ortho intramolecular Hbond substituents is 1. The first-order valence-electron chi connectivity index (χ1n) is 6.78. The van der Waals surface area contributed by atoms with Crippen molar-refractivity contribution in [3.8, 4) is 5.75 Å². The molecule has 2 aromatic carbocycles. The smallest absolute Gasteiger partial charge is 0.257 e. The van der Waals surface area contributed by atoms with E-state index in [1.165, 1.54) is 0 Å². The number of hydrogen-bond acceptors (Lipinski definition) is 3. The summed E-state index contributed by atoms with van der Waals surface area (Å²) >= 11 is 0. The van der Waals surface area contributed by atoms with Gasteiger partial charge in [0, 0.05) is 5.69 Å². The molecular weight excluding hydrogens is 264 g/mol. The zero-order valence-corrected chi connectivity index (χ0v) is 12.5. The first kappa shape index (κ1) is 14.9. The second-order valence-electron chi connectivity index (χ2n) is 6.02. The van der Waals surface area contributed by atoms with Crippen LogP contribution in [0.4, 0.5) is 11.4 Å². The first-order chi connectivity index (χ1) is 9.79. The Hall–Kier alpha value is -2.49. The van der Waals surface area contributed by atoms with Gasteiger partial charge in [-0.2, -0.15) is 0 Å². The van der Waals surface area contributed by atoms with Gasteiger partial charge in [-0.3, -0.25) is 4.79 Å². The maximum Gasteiger partial charge on any atom is 0.257 e. The predicted molar refractivity (Wildman–Crippen MR) is 85.6 cm³/mol. The minimum absolute atomic E-state index is 0.0332. The van der Waals surface area contributed by atoms with Crippen molar-refractivity contribution < 1.29 is 9.90 Å². The van der Waals surface area contributed by atoms with Crippen LogP contribution in [0.15, 0.2) is 42.5 Å². The number of carbonyl (C=O) groups excluding carboxylic acids is 1. The van der Waals surface area contributed by atoms with Crippen LogP contribution in [0.3, 0.4) is 0 Å². The maximum absolute atomic E-state index is 12.2. The summed E-state index contributed by atoms with van der Waals surface area (Å²) in [7, 11) is 0. The molecule has 0 aliphatic heterocycles. The van der Waals surface area contributed by atoms with Gasteiger partial charge in [-0.15, -0.1) is 0 Å². The Bertz CT molecular complexity index is 673. The summed E-state index contributed by atoms with van der Waals surface area (Å²) in [5, 5.41) is 12.6. The van der Waals surface area contributed by atoms with Gasteiger partial charge in [0.1, 0.15) is 5.75 Å². The van der Waals surface area contributed by atoms with E-state index in [1.54, 1.807) is 36.4 Å². The van der Waals surface area contributed by atoms with Gasteiger partial charge < -0.3 is 16.2 Å². The van der Waals surface area contributed by atoms with Crippen molar-refractivity contribution in [2.24, 2.45) is 0 Å². The van der Waals surface area contributed by atoms with Gasteiger partial charge in [-0.05, 0) is 35.2 Å². The van der Waals surface area contributed by atoms with Gasteiger partial charge in [0.05, 0.1) is 11.3 Å². The fourth-order valence-electron chi connectivity index (χ4n) is 2.00. The molecule has 0 unspecified atom stereocenters. The van der Waals surface area contributed by atoms with Crippen molar-refractivity contribution in [2.45, 2.75) is 26.2 Å². The van der Waals surface area contributed by atoms with Gasteiger partial charge in [-0.1, -0.05) is 39.0 Å². The Kier molecular flexibility index (Phi) is 3.89. The molecule has 0 spiro atoms. The van der Waals surface area contributed by atoms with E-state index in [1.807, 2.05) is 6.07 Å². The molecule has 0 aromatic heterocycles. The second kappa shape index (κ2) is 5.48. The minimum atomic E-state index is -0.338. The van der Waals surface area contributed by atoms with Crippen LogP contribution in [0.5, 0.6) is 5.75 Å². The molecule has 0 heterocycles. The van der Waals surface area contributed by atoms with Crippen molar-refractivity contribution >= 4 is 17.3 Å². The average molecular weight is 284 g/mol. The van der Waals surface area contributed by atoms with Crippen molar-refractivity contribution in [3.63, 3.8) is 0 Å². The number of nitrogens with one attached hydrogen (secondary N) is 1. The lowest BCUT2D eigenvalue weighted by atomic mass is 9.87. The molecule has 2 aromatic rings. The lowest BCUT2D eigenvalue weighted by molar-refractivity contribution is 0.102. The zero-order chi connectivity index (χ0) is 15.6. The normalized spacial score (nSPS) is 11.2. The van der Waals surface area contributed by atoms with E-state index < -0.39 is 0 Å². The topological polar surface area (TPSA) is 75.3 Å². The van der Waals surface area contributed by atoms with Gasteiger partial charge in [-0.25, -0.2) is 0 Å². The van der Waals surface area contributed by atoms with E-state index >= 15 is 0 Å². The highest BCUT2D eigenvalue weighted by atomic mass is 16.3. The third-order valence-electron chi connectivity index (χ3n) is 3.32. The van der Waals surface area contributed by atoms with Crippen molar-refractivity contribution in [3.05, 3.63) is 53.6 Å². The van der Waals surface area contributed by atoms with E-state index in [4.69, 9.17) is 5.73 Å². The van der Waals surface area contributed by atoms with Crippen LogP contribution in [0.25, 0.3) is 0 Å². The molecule has 0 saturated heterocycles. The molecule has 0 bridgehead atoms. The van der Waals surface area contributed by atoms with Crippen LogP contribution in [0, 0.1) is 0 Å². The number of anilines is 2. The highest BCUT2D eigenvalue weighted by Gasteiger charge is 2.17. The molecule has 110 valence electrons. The van der Waals surface area contributed by atoms with Crippen LogP contribution >= 0.6 is 0 Å². The largest absolute Gasteiger partial charge is 0.506 e. The van der Waals surface area contributed by atoms with Crippen LogP contribution in [0.1, 0.15) is 36.7 Å². The number of nitrogen functional groups attached to an aromatic ring is 1. The molecule has 4 nitrogen and oxygen atoms in total. The third-order valence-corrected chi connectivity index (χ3v) is 3.32. The molecule has 0 aliphatic carbocycles. The number of aromatic hydroxyl groups is 1. The van der Waals surface area contributed by atoms with Gasteiger partial charge in [0.15, 0.2) is 0 Å². The van der Waals surface area contributed by atoms with E-state index in [9.17, 15) is 9.90 Å². The van der Waals surface area contributed by atoms with Crippen LogP contribution < -0.4 is 11.1 Å². The molecule has 0 fully saturated rings. The quantitative estimate of drug-likeness (QED) is 0.583. The van der Waals surface area contributed by atoms with Crippen LogP contribution in [-0.2, 0) is 5.41 Å². The Morgan fingerprint density at radius 1 is 1.14 bits per heavy atom. The summed E-state index contributed by atoms with van der Waals surface area (Å²) in [6.07, 6.45) is 0. The van der Waals surface area contributed by atoms with E-state index in [2.05, 4.69) is 26.1 Å². The number of hydrogen-bond donors (Lipinski definition) is 3. The molecule has 0 aliphatic rings. The SMILES string of the molecule is CC(C)(C)c1ccc(O)c(NC(=O)c2ccccc2N)c1. The predicted octanol–water partition coefficient (Wildman–Crippen LogP) is 3.52. The number of nitrogens with two attached hydrogens (primary N) is 1. The van der Waals surface area contributed by atoms with E-state index in [0.717, 1.165) is 5.56 Å². The standard InChI is InChI=1S/C17H20N2O2/c1-17(2,3)11-8-9-15(20)14(10-11)19-16(21)12-6-4-5-7-13(12)18/h4-10,20H,18H2,1-3H3,(H,19,21). The second-order valence-corrected chi connectivity index (χ2v) is 6.02. The number of para-hydroxylation sites is 1. The Labute approximate surface area is 124 Å². The number of carbonyl (C=O) groups is 1. The van der Waals surface area contributed by atoms with Gasteiger partial charge in [0.25, 0.3) is 5.91 Å². The molecule has 0 radical (unpaired) electrons. The Morgan fingerprint density at radius 3 is 2.43 bits per heavy atom. The van der Waals surface area contributed by atoms with Crippen molar-refractivity contribution in [1.29, 1.82) is 0 Å². The molecule has 4 heteroatoms. The van der Waals surface area contributed by atoms with Crippen LogP contribution in [-0.4, -0.2) is 11.0 Å². The fraction of sp³-hybridized carbons (Fsp3) is 0.235. The average Bonchev–Trinajstić information content (AvgIpc) is 2.40. The highest BCUT2D eigenvalue weighted by Crippen LogP contribution is 2.31. The van der Waals surface area contributed by atoms with Crippen molar-refractivity contribution in [2.75, 3.05) is 11.1 Å². The number of phenols is 1. The molecule has 0 saturated carbocycles. The summed E-state index contributed by atoms with van der Waals surface area (Å²) in [5.41, 5.74) is 7.92. The maximum atomic E-state index is 12.2. The monoisotopic (exact) mass is 284 g/mol. The number of rotatable bonds is 2. The number of benzene rings is 2. The lowest BCUT2D eigenvalue weighted by Gasteiger charge is -2.20. The fourth-order valence-corrected chi connectivity index (χ4v) is 2.00. The summed E-state index contributed by atoms with van der Waals surface area (Å²) in [6.45, 7) is 6.21. The van der Waals surface area contributed by atoms with Gasteiger partial charge in [0.2, 0.25) is 0 Å². The summed E-state index contributed by atoms with van der Waals surface area (Å²) in [6, 6.07) is 12.1. The van der Waals surface area contributed by atoms with Gasteiger partial charge >= 0.3 is 0 Å². The summed E-state index contributed by atoms with van der Waals surface area (Å²) in [4.78, 5) is 12.2. The molecule has 4 N–H and O–H groups in total. The third kappa shape index (κ3) is 3.34. The summed E-state index contributed by atoms with van der Waals surface area (Å²) in [5.74, 6) is -0.305. The first-order valence-corrected chi connectivity index (χ1v) is 6.78. The molecule has 21 heavy (non-hydrogen) atoms. The van der Waals surface area contributed by atoms with E-state index in [0.29, 0.717) is 16.9 Å².